The summed E-state index contributed by atoms with van der Waals surface area (Å²) in [6.45, 7) is 2.96. The molecule has 2 unspecified atom stereocenters. The van der Waals surface area contributed by atoms with E-state index in [0.29, 0.717) is 11.8 Å². The van der Waals surface area contributed by atoms with Gasteiger partial charge in [-0.2, -0.15) is 5.10 Å². The normalized spacial score (nSPS) is 32.4. The highest BCUT2D eigenvalue weighted by Crippen LogP contribution is 2.48. The summed E-state index contributed by atoms with van der Waals surface area (Å²) in [6, 6.07) is 2.05. The predicted octanol–water partition coefficient (Wildman–Crippen LogP) is 3.86. The Morgan fingerprint density at radius 3 is 2.70 bits per heavy atom. The maximum atomic E-state index is 11.5. The molecule has 0 aliphatic heterocycles. The molecular formula is C17H28N2O. The monoisotopic (exact) mass is 276 g/mol. The van der Waals surface area contributed by atoms with Gasteiger partial charge in [0.15, 0.2) is 0 Å². The van der Waals surface area contributed by atoms with E-state index in [4.69, 9.17) is 0 Å². The number of nitrogens with zero attached hydrogens (tertiary/aromatic N) is 2. The second kappa shape index (κ2) is 5.88. The SMILES string of the molecule is CCn1nccc1C1(O)CCCCC1C1CCCCC1. The van der Waals surface area contributed by atoms with E-state index < -0.39 is 5.60 Å². The van der Waals surface area contributed by atoms with E-state index >= 15 is 0 Å². The lowest BCUT2D eigenvalue weighted by Gasteiger charge is -2.45. The minimum absolute atomic E-state index is 0.443. The highest BCUT2D eigenvalue weighted by atomic mass is 16.3. The highest BCUT2D eigenvalue weighted by Gasteiger charge is 2.45. The Morgan fingerprint density at radius 1 is 1.20 bits per heavy atom. The first kappa shape index (κ1) is 14.1. The van der Waals surface area contributed by atoms with Crippen LogP contribution in [0, 0.1) is 11.8 Å². The van der Waals surface area contributed by atoms with E-state index in [1.807, 2.05) is 16.9 Å². The fraction of sp³-hybridized carbons (Fsp3) is 0.824. The number of aliphatic hydroxyl groups is 1. The third-order valence-electron chi connectivity index (χ3n) is 5.61. The Bertz CT molecular complexity index is 436. The molecule has 20 heavy (non-hydrogen) atoms. The predicted molar refractivity (Wildman–Crippen MR) is 80.3 cm³/mol. The van der Waals surface area contributed by atoms with E-state index in [1.165, 1.54) is 44.9 Å². The van der Waals surface area contributed by atoms with Crippen LogP contribution in [0.3, 0.4) is 0 Å². The van der Waals surface area contributed by atoms with Gasteiger partial charge in [-0.25, -0.2) is 0 Å². The zero-order chi connectivity index (χ0) is 14.0. The zero-order valence-corrected chi connectivity index (χ0v) is 12.7. The number of hydrogen-bond acceptors (Lipinski definition) is 2. The van der Waals surface area contributed by atoms with Gasteiger partial charge >= 0.3 is 0 Å². The molecule has 2 aliphatic rings. The van der Waals surface area contributed by atoms with Gasteiger partial charge in [0.2, 0.25) is 0 Å². The molecule has 1 aromatic heterocycles. The van der Waals surface area contributed by atoms with Crippen molar-refractivity contribution in [3.63, 3.8) is 0 Å². The Labute approximate surface area is 122 Å². The summed E-state index contributed by atoms with van der Waals surface area (Å²) in [7, 11) is 0. The first-order valence-corrected chi connectivity index (χ1v) is 8.50. The Hall–Kier alpha value is -0.830. The molecule has 0 spiro atoms. The quantitative estimate of drug-likeness (QED) is 0.910. The topological polar surface area (TPSA) is 38.0 Å². The second-order valence-electron chi connectivity index (χ2n) is 6.71. The first-order chi connectivity index (χ1) is 9.75. The molecule has 3 rings (SSSR count). The Morgan fingerprint density at radius 2 is 1.95 bits per heavy atom. The molecule has 112 valence electrons. The van der Waals surface area contributed by atoms with Crippen molar-refractivity contribution in [1.82, 2.24) is 9.78 Å². The maximum absolute atomic E-state index is 11.5. The zero-order valence-electron chi connectivity index (χ0n) is 12.7. The molecule has 2 fully saturated rings. The smallest absolute Gasteiger partial charge is 0.109 e. The standard InChI is InChI=1S/C17H28N2O/c1-2-19-16(11-13-18-19)17(20)12-7-6-10-15(17)14-8-4-3-5-9-14/h11,13-15,20H,2-10,12H2,1H3. The minimum Gasteiger partial charge on any atom is -0.383 e. The van der Waals surface area contributed by atoms with Crippen molar-refractivity contribution in [1.29, 1.82) is 0 Å². The fourth-order valence-corrected chi connectivity index (χ4v) is 4.62. The molecule has 0 amide bonds. The Kier molecular flexibility index (Phi) is 4.16. The van der Waals surface area contributed by atoms with E-state index in [-0.39, 0.29) is 0 Å². The van der Waals surface area contributed by atoms with E-state index in [1.54, 1.807) is 0 Å². The lowest BCUT2D eigenvalue weighted by molar-refractivity contribution is -0.0893. The Balaban J connectivity index is 1.90. The lowest BCUT2D eigenvalue weighted by Crippen LogP contribution is -2.44. The summed E-state index contributed by atoms with van der Waals surface area (Å²) in [5.41, 5.74) is 0.433. The van der Waals surface area contributed by atoms with Crippen molar-refractivity contribution in [3.05, 3.63) is 18.0 Å². The van der Waals surface area contributed by atoms with E-state index in [0.717, 1.165) is 25.1 Å². The average Bonchev–Trinajstić information content (AvgIpc) is 2.98. The molecule has 1 aromatic rings. The summed E-state index contributed by atoms with van der Waals surface area (Å²) in [5, 5.41) is 15.9. The van der Waals surface area contributed by atoms with Crippen LogP contribution in [0.15, 0.2) is 12.3 Å². The third kappa shape index (κ3) is 2.41. The van der Waals surface area contributed by atoms with Crippen LogP contribution >= 0.6 is 0 Å². The van der Waals surface area contributed by atoms with Crippen LogP contribution < -0.4 is 0 Å². The van der Waals surface area contributed by atoms with Crippen LogP contribution in [-0.2, 0) is 12.1 Å². The van der Waals surface area contributed by atoms with Gasteiger partial charge in [0.05, 0.1) is 5.69 Å². The third-order valence-corrected chi connectivity index (χ3v) is 5.61. The summed E-state index contributed by atoms with van der Waals surface area (Å²) < 4.78 is 2.00. The number of aromatic nitrogens is 2. The van der Waals surface area contributed by atoms with Gasteiger partial charge < -0.3 is 5.11 Å². The molecule has 0 saturated heterocycles. The van der Waals surface area contributed by atoms with Crippen molar-refractivity contribution < 1.29 is 5.11 Å². The van der Waals surface area contributed by atoms with Crippen molar-refractivity contribution >= 4 is 0 Å². The molecule has 1 heterocycles. The van der Waals surface area contributed by atoms with Crippen LogP contribution in [-0.4, -0.2) is 14.9 Å². The van der Waals surface area contributed by atoms with Crippen molar-refractivity contribution in [3.8, 4) is 0 Å². The van der Waals surface area contributed by atoms with Gasteiger partial charge in [-0.1, -0.05) is 44.9 Å². The van der Waals surface area contributed by atoms with Gasteiger partial charge in [0, 0.05) is 12.7 Å². The molecule has 2 saturated carbocycles. The molecule has 2 aliphatic carbocycles. The van der Waals surface area contributed by atoms with Crippen molar-refractivity contribution in [2.24, 2.45) is 11.8 Å². The van der Waals surface area contributed by atoms with Crippen LogP contribution in [0.1, 0.15) is 70.4 Å². The summed E-state index contributed by atoms with van der Waals surface area (Å²) >= 11 is 0. The van der Waals surface area contributed by atoms with Crippen LogP contribution in [0.25, 0.3) is 0 Å². The summed E-state index contributed by atoms with van der Waals surface area (Å²) in [4.78, 5) is 0. The summed E-state index contributed by atoms with van der Waals surface area (Å²) in [6.07, 6.45) is 13.1. The largest absolute Gasteiger partial charge is 0.383 e. The number of aryl methyl sites for hydroxylation is 1. The van der Waals surface area contributed by atoms with Crippen LogP contribution in [0.5, 0.6) is 0 Å². The summed E-state index contributed by atoms with van der Waals surface area (Å²) in [5.74, 6) is 1.16. The fourth-order valence-electron chi connectivity index (χ4n) is 4.62. The van der Waals surface area contributed by atoms with Gasteiger partial charge in [-0.15, -0.1) is 0 Å². The molecule has 0 radical (unpaired) electrons. The molecule has 1 N–H and O–H groups in total. The van der Waals surface area contributed by atoms with Gasteiger partial charge in [0.1, 0.15) is 5.60 Å². The van der Waals surface area contributed by atoms with Gasteiger partial charge in [-0.3, -0.25) is 4.68 Å². The maximum Gasteiger partial charge on any atom is 0.109 e. The molecule has 2 atom stereocenters. The average molecular weight is 276 g/mol. The highest BCUT2D eigenvalue weighted by molar-refractivity contribution is 5.16. The van der Waals surface area contributed by atoms with Crippen LogP contribution in [0.4, 0.5) is 0 Å². The first-order valence-electron chi connectivity index (χ1n) is 8.50. The second-order valence-corrected chi connectivity index (χ2v) is 6.71. The van der Waals surface area contributed by atoms with Gasteiger partial charge in [0.25, 0.3) is 0 Å². The van der Waals surface area contributed by atoms with E-state index in [9.17, 15) is 5.11 Å². The molecule has 3 nitrogen and oxygen atoms in total. The molecular weight excluding hydrogens is 248 g/mol. The molecule has 0 bridgehead atoms. The van der Waals surface area contributed by atoms with Crippen molar-refractivity contribution in [2.75, 3.05) is 0 Å². The van der Waals surface area contributed by atoms with E-state index in [2.05, 4.69) is 12.0 Å². The van der Waals surface area contributed by atoms with Crippen molar-refractivity contribution in [2.45, 2.75) is 76.9 Å². The molecule has 3 heteroatoms. The van der Waals surface area contributed by atoms with Crippen LogP contribution in [0.2, 0.25) is 0 Å². The number of rotatable bonds is 3. The van der Waals surface area contributed by atoms with Gasteiger partial charge in [-0.05, 0) is 37.7 Å². The minimum atomic E-state index is -0.632. The number of hydrogen-bond donors (Lipinski definition) is 1. The molecule has 0 aromatic carbocycles. The lowest BCUT2D eigenvalue weighted by atomic mass is 9.64.